The van der Waals surface area contributed by atoms with Crippen LogP contribution in [0.5, 0.6) is 0 Å². The van der Waals surface area contributed by atoms with E-state index in [9.17, 15) is 9.90 Å². The summed E-state index contributed by atoms with van der Waals surface area (Å²) in [6.45, 7) is 1.32. The molecule has 0 aromatic carbocycles. The largest absolute Gasteiger partial charge is 0.481 e. The molecule has 1 fully saturated rings. The zero-order valence-electron chi connectivity index (χ0n) is 10.8. The van der Waals surface area contributed by atoms with Crippen molar-refractivity contribution in [3.8, 4) is 0 Å². The number of carbonyl (C=O) groups is 1. The van der Waals surface area contributed by atoms with Gasteiger partial charge < -0.3 is 19.7 Å². The zero-order valence-corrected chi connectivity index (χ0v) is 11.6. The van der Waals surface area contributed by atoms with Gasteiger partial charge in [0.1, 0.15) is 0 Å². The Labute approximate surface area is 112 Å². The van der Waals surface area contributed by atoms with Crippen LogP contribution in [-0.2, 0) is 14.3 Å². The Hall–Kier alpha value is -0.300. The van der Waals surface area contributed by atoms with Crippen molar-refractivity contribution in [2.45, 2.75) is 25.4 Å². The number of carboxylic acid groups (broad SMARTS) is 1. The molecule has 5 nitrogen and oxygen atoms in total. The van der Waals surface area contributed by atoms with Crippen molar-refractivity contribution < 1.29 is 24.5 Å². The molecular weight excluding hydrogens is 256 g/mol. The minimum absolute atomic E-state index is 0.00682. The molecule has 0 aromatic rings. The summed E-state index contributed by atoms with van der Waals surface area (Å²) in [6.07, 6.45) is 1.74. The second-order valence-corrected chi connectivity index (χ2v) is 5.84. The van der Waals surface area contributed by atoms with E-state index in [1.165, 1.54) is 0 Å². The molecule has 0 aromatic heterocycles. The summed E-state index contributed by atoms with van der Waals surface area (Å²) in [5.41, 5.74) is -0.00682. The molecule has 6 heteroatoms. The van der Waals surface area contributed by atoms with Crippen molar-refractivity contribution in [2.75, 3.05) is 38.4 Å². The van der Waals surface area contributed by atoms with Gasteiger partial charge in [0.2, 0.25) is 0 Å². The fourth-order valence-electron chi connectivity index (χ4n) is 1.69. The van der Waals surface area contributed by atoms with E-state index < -0.39 is 12.1 Å². The fraction of sp³-hybridized carbons (Fsp3) is 0.917. The standard InChI is InChI=1S/C12H22O5S/c1-16-4-5-17-7-10(13)8-18-9-12(2-3-12)6-11(14)15/h10,13H,2-9H2,1H3,(H,14,15). The number of carboxylic acids is 1. The monoisotopic (exact) mass is 278 g/mol. The molecule has 1 atom stereocenters. The number of hydrogen-bond donors (Lipinski definition) is 2. The lowest BCUT2D eigenvalue weighted by molar-refractivity contribution is -0.138. The van der Waals surface area contributed by atoms with Gasteiger partial charge in [-0.2, -0.15) is 11.8 Å². The first kappa shape index (κ1) is 15.8. The maximum atomic E-state index is 10.7. The number of hydrogen-bond acceptors (Lipinski definition) is 5. The minimum atomic E-state index is -0.725. The first-order valence-corrected chi connectivity index (χ1v) is 7.28. The lowest BCUT2D eigenvalue weighted by Gasteiger charge is -2.14. The third-order valence-electron chi connectivity index (χ3n) is 2.94. The van der Waals surface area contributed by atoms with Crippen LogP contribution in [0.1, 0.15) is 19.3 Å². The zero-order chi connectivity index (χ0) is 13.4. The van der Waals surface area contributed by atoms with E-state index in [-0.39, 0.29) is 11.8 Å². The van der Waals surface area contributed by atoms with Gasteiger partial charge in [-0.25, -0.2) is 0 Å². The summed E-state index contributed by atoms with van der Waals surface area (Å²) in [4.78, 5) is 10.7. The van der Waals surface area contributed by atoms with Crippen LogP contribution >= 0.6 is 11.8 Å². The second kappa shape index (κ2) is 7.99. The highest BCUT2D eigenvalue weighted by Gasteiger charge is 2.44. The summed E-state index contributed by atoms with van der Waals surface area (Å²) in [6, 6.07) is 0. The Morgan fingerprint density at radius 2 is 2.17 bits per heavy atom. The smallest absolute Gasteiger partial charge is 0.303 e. The van der Waals surface area contributed by atoms with Crippen LogP contribution in [0.15, 0.2) is 0 Å². The molecule has 1 rings (SSSR count). The SMILES string of the molecule is COCCOCC(O)CSCC1(CC(=O)O)CC1. The molecule has 0 aliphatic heterocycles. The number of ether oxygens (including phenoxy) is 2. The summed E-state index contributed by atoms with van der Waals surface area (Å²) in [7, 11) is 1.60. The van der Waals surface area contributed by atoms with E-state index >= 15 is 0 Å². The van der Waals surface area contributed by atoms with Crippen LogP contribution < -0.4 is 0 Å². The maximum absolute atomic E-state index is 10.7. The van der Waals surface area contributed by atoms with Gasteiger partial charge in [-0.15, -0.1) is 0 Å². The van der Waals surface area contributed by atoms with Crippen molar-refractivity contribution in [3.63, 3.8) is 0 Å². The van der Waals surface area contributed by atoms with Crippen molar-refractivity contribution >= 4 is 17.7 Å². The summed E-state index contributed by atoms with van der Waals surface area (Å²) < 4.78 is 10.0. The van der Waals surface area contributed by atoms with Crippen molar-refractivity contribution in [2.24, 2.45) is 5.41 Å². The number of aliphatic carboxylic acids is 1. The van der Waals surface area contributed by atoms with Crippen LogP contribution in [0.4, 0.5) is 0 Å². The van der Waals surface area contributed by atoms with Crippen molar-refractivity contribution in [3.05, 3.63) is 0 Å². The predicted molar refractivity (Wildman–Crippen MR) is 69.9 cm³/mol. The van der Waals surface area contributed by atoms with Crippen LogP contribution in [0.2, 0.25) is 0 Å². The van der Waals surface area contributed by atoms with E-state index in [1.54, 1.807) is 18.9 Å². The van der Waals surface area contributed by atoms with Crippen LogP contribution in [0.3, 0.4) is 0 Å². The molecule has 0 heterocycles. The normalized spacial score (nSPS) is 18.6. The van der Waals surface area contributed by atoms with E-state index in [2.05, 4.69) is 0 Å². The Kier molecular flexibility index (Phi) is 6.99. The van der Waals surface area contributed by atoms with Gasteiger partial charge in [0.25, 0.3) is 0 Å². The van der Waals surface area contributed by atoms with Gasteiger partial charge in [-0.3, -0.25) is 4.79 Å². The van der Waals surface area contributed by atoms with Gasteiger partial charge in [-0.1, -0.05) is 0 Å². The second-order valence-electron chi connectivity index (χ2n) is 4.81. The highest BCUT2D eigenvalue weighted by Crippen LogP contribution is 2.51. The summed E-state index contributed by atoms with van der Waals surface area (Å²) in [5.74, 6) is 0.680. The Bertz CT molecular complexity index is 255. The third kappa shape index (κ3) is 6.58. The molecule has 106 valence electrons. The lowest BCUT2D eigenvalue weighted by Crippen LogP contribution is -2.21. The molecule has 0 amide bonds. The molecular formula is C12H22O5S. The van der Waals surface area contributed by atoms with Gasteiger partial charge in [-0.05, 0) is 24.0 Å². The summed E-state index contributed by atoms with van der Waals surface area (Å²) in [5, 5.41) is 18.4. The number of methoxy groups -OCH3 is 1. The van der Waals surface area contributed by atoms with Gasteiger partial charge in [0.05, 0.1) is 32.3 Å². The number of thioether (sulfide) groups is 1. The molecule has 0 bridgehead atoms. The molecule has 0 saturated heterocycles. The van der Waals surface area contributed by atoms with Crippen LogP contribution in [0.25, 0.3) is 0 Å². The first-order chi connectivity index (χ1) is 8.58. The van der Waals surface area contributed by atoms with Crippen molar-refractivity contribution in [1.29, 1.82) is 0 Å². The van der Waals surface area contributed by atoms with Crippen LogP contribution in [0, 0.1) is 5.41 Å². The molecule has 0 radical (unpaired) electrons. The molecule has 2 N–H and O–H groups in total. The average Bonchev–Trinajstić information content (AvgIpc) is 3.03. The summed E-state index contributed by atoms with van der Waals surface area (Å²) >= 11 is 1.61. The first-order valence-electron chi connectivity index (χ1n) is 6.12. The highest BCUT2D eigenvalue weighted by molar-refractivity contribution is 7.99. The Balaban J connectivity index is 2.01. The Morgan fingerprint density at radius 1 is 1.44 bits per heavy atom. The van der Waals surface area contributed by atoms with E-state index in [4.69, 9.17) is 14.6 Å². The molecule has 1 unspecified atom stereocenters. The quantitative estimate of drug-likeness (QED) is 0.549. The van der Waals surface area contributed by atoms with Gasteiger partial charge in [0, 0.05) is 12.9 Å². The number of rotatable bonds is 11. The molecule has 1 aliphatic carbocycles. The Morgan fingerprint density at radius 3 is 2.72 bits per heavy atom. The maximum Gasteiger partial charge on any atom is 0.303 e. The van der Waals surface area contributed by atoms with E-state index in [0.717, 1.165) is 18.6 Å². The third-order valence-corrected chi connectivity index (χ3v) is 4.38. The molecule has 0 spiro atoms. The molecule has 1 aliphatic rings. The highest BCUT2D eigenvalue weighted by atomic mass is 32.2. The van der Waals surface area contributed by atoms with E-state index in [1.807, 2.05) is 0 Å². The lowest BCUT2D eigenvalue weighted by atomic mass is 10.1. The topological polar surface area (TPSA) is 76.0 Å². The van der Waals surface area contributed by atoms with Gasteiger partial charge in [0.15, 0.2) is 0 Å². The van der Waals surface area contributed by atoms with Gasteiger partial charge >= 0.3 is 5.97 Å². The van der Waals surface area contributed by atoms with Crippen LogP contribution in [-0.4, -0.2) is 60.7 Å². The molecule has 18 heavy (non-hydrogen) atoms. The number of aliphatic hydroxyl groups is 1. The predicted octanol–water partition coefficient (Wildman–Crippen LogP) is 0.998. The molecule has 1 saturated carbocycles. The number of aliphatic hydroxyl groups excluding tert-OH is 1. The average molecular weight is 278 g/mol. The fourth-order valence-corrected chi connectivity index (χ4v) is 3.00. The van der Waals surface area contributed by atoms with E-state index in [0.29, 0.717) is 25.6 Å². The minimum Gasteiger partial charge on any atom is -0.481 e. The van der Waals surface area contributed by atoms with Crippen molar-refractivity contribution in [1.82, 2.24) is 0 Å².